The number of nitrogens with two attached hydrogens (primary N) is 1. The van der Waals surface area contributed by atoms with Crippen molar-refractivity contribution in [3.63, 3.8) is 0 Å². The molecule has 1 heterocycles. The Bertz CT molecular complexity index is 604. The summed E-state index contributed by atoms with van der Waals surface area (Å²) in [5.74, 6) is 0. The van der Waals surface area contributed by atoms with E-state index in [9.17, 15) is 0 Å². The largest absolute Gasteiger partial charge is 0.389 e. The van der Waals surface area contributed by atoms with Crippen molar-refractivity contribution in [2.75, 3.05) is 5.32 Å². The number of thiazole rings is 1. The molecule has 0 radical (unpaired) electrons. The molecule has 0 spiro atoms. The van der Waals surface area contributed by atoms with Crippen LogP contribution >= 0.6 is 23.6 Å². The average Bonchev–Trinajstić information content (AvgIpc) is 2.75. The Balaban J connectivity index is 2.27. The van der Waals surface area contributed by atoms with E-state index in [4.69, 9.17) is 18.0 Å². The zero-order valence-electron chi connectivity index (χ0n) is 11.2. The standard InChI is InChI=1S/C14H17N3S2/c1-8-4-5-11(13(15)18)12(6-8)17-10(3)14-16-7-9(2)19-14/h4-7,10,17H,1-3H3,(H2,15,18). The van der Waals surface area contributed by atoms with Crippen LogP contribution in [-0.2, 0) is 0 Å². The second kappa shape index (κ2) is 5.67. The molecule has 2 rings (SSSR count). The lowest BCUT2D eigenvalue weighted by Gasteiger charge is -2.16. The number of benzene rings is 1. The molecule has 0 aliphatic heterocycles. The van der Waals surface area contributed by atoms with Crippen molar-refractivity contribution in [1.29, 1.82) is 0 Å². The number of aryl methyl sites for hydroxylation is 2. The Morgan fingerprint density at radius 1 is 1.42 bits per heavy atom. The fraction of sp³-hybridized carbons (Fsp3) is 0.286. The van der Waals surface area contributed by atoms with Crippen LogP contribution in [0.1, 0.15) is 34.0 Å². The minimum Gasteiger partial charge on any atom is -0.389 e. The van der Waals surface area contributed by atoms with E-state index in [0.29, 0.717) is 4.99 Å². The SMILES string of the molecule is Cc1ccc(C(N)=S)c(NC(C)c2ncc(C)s2)c1. The molecule has 1 aromatic heterocycles. The van der Waals surface area contributed by atoms with Gasteiger partial charge in [-0.05, 0) is 38.5 Å². The second-order valence-corrected chi connectivity index (χ2v) is 6.29. The van der Waals surface area contributed by atoms with Gasteiger partial charge in [0, 0.05) is 22.3 Å². The van der Waals surface area contributed by atoms with Gasteiger partial charge < -0.3 is 11.1 Å². The minimum atomic E-state index is 0.133. The van der Waals surface area contributed by atoms with Gasteiger partial charge in [0.2, 0.25) is 0 Å². The van der Waals surface area contributed by atoms with E-state index in [-0.39, 0.29) is 6.04 Å². The van der Waals surface area contributed by atoms with Crippen LogP contribution < -0.4 is 11.1 Å². The van der Waals surface area contributed by atoms with Gasteiger partial charge in [-0.25, -0.2) is 4.98 Å². The predicted octanol–water partition coefficient (Wildman–Crippen LogP) is 3.57. The molecule has 0 saturated heterocycles. The normalized spacial score (nSPS) is 12.2. The van der Waals surface area contributed by atoms with Crippen molar-refractivity contribution in [3.8, 4) is 0 Å². The van der Waals surface area contributed by atoms with Gasteiger partial charge in [0.25, 0.3) is 0 Å². The molecule has 0 aliphatic carbocycles. The monoisotopic (exact) mass is 291 g/mol. The number of thiocarbonyl (C=S) groups is 1. The van der Waals surface area contributed by atoms with Crippen molar-refractivity contribution < 1.29 is 0 Å². The van der Waals surface area contributed by atoms with Gasteiger partial charge in [0.15, 0.2) is 0 Å². The molecule has 1 atom stereocenters. The van der Waals surface area contributed by atoms with E-state index < -0.39 is 0 Å². The van der Waals surface area contributed by atoms with Crippen LogP contribution in [0.4, 0.5) is 5.69 Å². The van der Waals surface area contributed by atoms with E-state index >= 15 is 0 Å². The van der Waals surface area contributed by atoms with Gasteiger partial charge in [-0.2, -0.15) is 0 Å². The highest BCUT2D eigenvalue weighted by Crippen LogP contribution is 2.26. The lowest BCUT2D eigenvalue weighted by atomic mass is 10.1. The molecule has 100 valence electrons. The van der Waals surface area contributed by atoms with Crippen LogP contribution in [-0.4, -0.2) is 9.97 Å². The van der Waals surface area contributed by atoms with Crippen LogP contribution in [0.2, 0.25) is 0 Å². The molecule has 0 amide bonds. The number of rotatable bonds is 4. The third-order valence-corrected chi connectivity index (χ3v) is 4.14. The summed E-state index contributed by atoms with van der Waals surface area (Å²) in [6, 6.07) is 6.16. The summed E-state index contributed by atoms with van der Waals surface area (Å²) in [6.07, 6.45) is 1.89. The zero-order valence-corrected chi connectivity index (χ0v) is 12.9. The van der Waals surface area contributed by atoms with Crippen molar-refractivity contribution in [2.24, 2.45) is 5.73 Å². The molecule has 0 fully saturated rings. The van der Waals surface area contributed by atoms with Gasteiger partial charge >= 0.3 is 0 Å². The van der Waals surface area contributed by atoms with E-state index in [0.717, 1.165) is 16.3 Å². The maximum atomic E-state index is 5.76. The highest BCUT2D eigenvalue weighted by Gasteiger charge is 2.12. The van der Waals surface area contributed by atoms with Gasteiger partial charge in [-0.15, -0.1) is 11.3 Å². The quantitative estimate of drug-likeness (QED) is 0.846. The summed E-state index contributed by atoms with van der Waals surface area (Å²) in [5.41, 5.74) is 8.77. The number of aromatic nitrogens is 1. The van der Waals surface area contributed by atoms with Gasteiger partial charge in [0.05, 0.1) is 6.04 Å². The Kier molecular flexibility index (Phi) is 4.17. The van der Waals surface area contributed by atoms with Crippen LogP contribution in [0.3, 0.4) is 0 Å². The fourth-order valence-corrected chi connectivity index (χ4v) is 2.81. The summed E-state index contributed by atoms with van der Waals surface area (Å²) < 4.78 is 0. The van der Waals surface area contributed by atoms with Crippen molar-refractivity contribution in [3.05, 3.63) is 45.4 Å². The fourth-order valence-electron chi connectivity index (χ4n) is 1.86. The highest BCUT2D eigenvalue weighted by molar-refractivity contribution is 7.80. The second-order valence-electron chi connectivity index (χ2n) is 4.59. The number of nitrogens with zero attached hydrogens (tertiary/aromatic N) is 1. The molecule has 2 aromatic rings. The molecule has 5 heteroatoms. The first kappa shape index (κ1) is 14.0. The number of anilines is 1. The first-order chi connectivity index (χ1) is 8.97. The molecule has 0 saturated carbocycles. The number of hydrogen-bond donors (Lipinski definition) is 2. The summed E-state index contributed by atoms with van der Waals surface area (Å²) in [7, 11) is 0. The molecule has 0 bridgehead atoms. The van der Waals surface area contributed by atoms with E-state index in [1.54, 1.807) is 11.3 Å². The summed E-state index contributed by atoms with van der Waals surface area (Å²) >= 11 is 6.79. The molecule has 0 aliphatic rings. The lowest BCUT2D eigenvalue weighted by molar-refractivity contribution is 0.869. The molecule has 3 N–H and O–H groups in total. The van der Waals surface area contributed by atoms with E-state index in [1.807, 2.05) is 25.3 Å². The smallest absolute Gasteiger partial charge is 0.115 e. The van der Waals surface area contributed by atoms with Crippen molar-refractivity contribution >= 4 is 34.2 Å². The van der Waals surface area contributed by atoms with Crippen LogP contribution in [0, 0.1) is 13.8 Å². The molecule has 1 unspecified atom stereocenters. The zero-order chi connectivity index (χ0) is 14.0. The molecular weight excluding hydrogens is 274 g/mol. The topological polar surface area (TPSA) is 50.9 Å². The molecule has 3 nitrogen and oxygen atoms in total. The Morgan fingerprint density at radius 3 is 2.74 bits per heavy atom. The first-order valence-corrected chi connectivity index (χ1v) is 7.29. The van der Waals surface area contributed by atoms with Gasteiger partial charge in [-0.3, -0.25) is 0 Å². The number of hydrogen-bond acceptors (Lipinski definition) is 4. The minimum absolute atomic E-state index is 0.133. The van der Waals surface area contributed by atoms with Gasteiger partial charge in [0.1, 0.15) is 10.00 Å². The Morgan fingerprint density at radius 2 is 2.16 bits per heavy atom. The third kappa shape index (κ3) is 3.30. The van der Waals surface area contributed by atoms with Crippen molar-refractivity contribution in [2.45, 2.75) is 26.8 Å². The molecule has 19 heavy (non-hydrogen) atoms. The average molecular weight is 291 g/mol. The third-order valence-electron chi connectivity index (χ3n) is 2.82. The Labute approximate surface area is 122 Å². The molecular formula is C14H17N3S2. The highest BCUT2D eigenvalue weighted by atomic mass is 32.1. The van der Waals surface area contributed by atoms with Crippen LogP contribution in [0.15, 0.2) is 24.4 Å². The van der Waals surface area contributed by atoms with Gasteiger partial charge in [-0.1, -0.05) is 18.3 Å². The van der Waals surface area contributed by atoms with Crippen LogP contribution in [0.5, 0.6) is 0 Å². The Hall–Kier alpha value is -1.46. The predicted molar refractivity (Wildman–Crippen MR) is 86.0 cm³/mol. The summed E-state index contributed by atoms with van der Waals surface area (Å²) in [4.78, 5) is 6.02. The maximum absolute atomic E-state index is 5.76. The number of nitrogens with one attached hydrogen (secondary N) is 1. The summed E-state index contributed by atoms with van der Waals surface area (Å²) in [5, 5.41) is 4.51. The van der Waals surface area contributed by atoms with E-state index in [1.165, 1.54) is 10.4 Å². The lowest BCUT2D eigenvalue weighted by Crippen LogP contribution is -2.15. The first-order valence-electron chi connectivity index (χ1n) is 6.06. The summed E-state index contributed by atoms with van der Waals surface area (Å²) in [6.45, 7) is 6.19. The maximum Gasteiger partial charge on any atom is 0.115 e. The van der Waals surface area contributed by atoms with E-state index in [2.05, 4.69) is 30.2 Å². The molecule has 1 aromatic carbocycles. The van der Waals surface area contributed by atoms with Crippen LogP contribution in [0.25, 0.3) is 0 Å². The van der Waals surface area contributed by atoms with Crippen molar-refractivity contribution in [1.82, 2.24) is 4.98 Å².